The third-order valence-corrected chi connectivity index (χ3v) is 8.95. The highest BCUT2D eigenvalue weighted by atomic mass is 31.2. The van der Waals surface area contributed by atoms with Gasteiger partial charge in [-0.25, -0.2) is 4.57 Å². The average molecular weight is 726 g/mol. The zero-order chi connectivity index (χ0) is 36.8. The van der Waals surface area contributed by atoms with Gasteiger partial charge in [-0.05, 0) is 64.2 Å². The van der Waals surface area contributed by atoms with Crippen molar-refractivity contribution in [3.05, 3.63) is 48.6 Å². The second-order valence-electron chi connectivity index (χ2n) is 12.8. The van der Waals surface area contributed by atoms with Gasteiger partial charge in [-0.2, -0.15) is 0 Å². The van der Waals surface area contributed by atoms with Crippen LogP contribution in [0.15, 0.2) is 48.6 Å². The van der Waals surface area contributed by atoms with Gasteiger partial charge >= 0.3 is 19.8 Å². The minimum Gasteiger partial charge on any atom is -0.462 e. The van der Waals surface area contributed by atoms with Crippen molar-refractivity contribution in [2.45, 2.75) is 168 Å². The van der Waals surface area contributed by atoms with E-state index in [0.29, 0.717) is 12.8 Å². The molecule has 0 heterocycles. The van der Waals surface area contributed by atoms with Gasteiger partial charge in [0.05, 0.1) is 13.2 Å². The lowest BCUT2D eigenvalue weighted by Gasteiger charge is -2.19. The van der Waals surface area contributed by atoms with E-state index in [4.69, 9.17) is 24.3 Å². The third kappa shape index (κ3) is 35.8. The predicted molar refractivity (Wildman–Crippen MR) is 206 cm³/mol. The monoisotopic (exact) mass is 725 g/mol. The van der Waals surface area contributed by atoms with Gasteiger partial charge in [0.25, 0.3) is 0 Å². The normalized spacial score (nSPS) is 13.9. The van der Waals surface area contributed by atoms with E-state index in [0.717, 1.165) is 83.5 Å². The lowest BCUT2D eigenvalue weighted by Crippen LogP contribution is -2.29. The van der Waals surface area contributed by atoms with E-state index in [1.165, 1.54) is 38.5 Å². The number of hydrogen-bond donors (Lipinski definition) is 2. The minimum atomic E-state index is -4.38. The van der Waals surface area contributed by atoms with Crippen molar-refractivity contribution in [1.29, 1.82) is 0 Å². The molecule has 0 amide bonds. The van der Waals surface area contributed by atoms with E-state index >= 15 is 0 Å². The van der Waals surface area contributed by atoms with Crippen molar-refractivity contribution in [2.24, 2.45) is 5.73 Å². The number of rotatable bonds is 36. The van der Waals surface area contributed by atoms with Crippen LogP contribution in [0.3, 0.4) is 0 Å². The fourth-order valence-electron chi connectivity index (χ4n) is 4.99. The van der Waals surface area contributed by atoms with Crippen molar-refractivity contribution in [1.82, 2.24) is 0 Å². The molecule has 0 aliphatic heterocycles. The van der Waals surface area contributed by atoms with E-state index in [2.05, 4.69) is 62.5 Å². The number of phosphoric ester groups is 1. The van der Waals surface area contributed by atoms with Gasteiger partial charge in [0.15, 0.2) is 6.10 Å². The van der Waals surface area contributed by atoms with E-state index in [1.54, 1.807) is 0 Å². The second-order valence-corrected chi connectivity index (χ2v) is 14.3. The Morgan fingerprint density at radius 2 is 1.12 bits per heavy atom. The summed E-state index contributed by atoms with van der Waals surface area (Å²) in [5, 5.41) is 0. The molecule has 0 radical (unpaired) electrons. The number of unbranched alkanes of at least 4 members (excludes halogenated alkanes) is 16. The lowest BCUT2D eigenvalue weighted by atomic mass is 10.1. The fourth-order valence-corrected chi connectivity index (χ4v) is 5.76. The molecule has 10 heteroatoms. The molecule has 0 rings (SSSR count). The summed E-state index contributed by atoms with van der Waals surface area (Å²) in [6.07, 6.45) is 39.9. The summed E-state index contributed by atoms with van der Waals surface area (Å²) < 4.78 is 32.6. The summed E-state index contributed by atoms with van der Waals surface area (Å²) in [5.74, 6) is -0.867. The first-order valence-corrected chi connectivity index (χ1v) is 21.1. The topological polar surface area (TPSA) is 134 Å². The van der Waals surface area contributed by atoms with Crippen molar-refractivity contribution in [3.8, 4) is 0 Å². The van der Waals surface area contributed by atoms with Crippen molar-refractivity contribution < 1.29 is 37.6 Å². The van der Waals surface area contributed by atoms with Crippen LogP contribution in [-0.4, -0.2) is 49.3 Å². The van der Waals surface area contributed by atoms with Crippen molar-refractivity contribution in [2.75, 3.05) is 26.4 Å². The van der Waals surface area contributed by atoms with Crippen LogP contribution in [0.4, 0.5) is 0 Å². The number of esters is 2. The highest BCUT2D eigenvalue weighted by Crippen LogP contribution is 2.43. The fraction of sp³-hybridized carbons (Fsp3) is 0.750. The zero-order valence-corrected chi connectivity index (χ0v) is 32.5. The highest BCUT2D eigenvalue weighted by molar-refractivity contribution is 7.47. The molecule has 3 N–H and O–H groups in total. The van der Waals surface area contributed by atoms with Crippen LogP contribution in [0.25, 0.3) is 0 Å². The molecule has 0 aliphatic carbocycles. The van der Waals surface area contributed by atoms with Gasteiger partial charge in [0.2, 0.25) is 0 Å². The molecule has 0 spiro atoms. The maximum absolute atomic E-state index is 12.5. The van der Waals surface area contributed by atoms with E-state index in [9.17, 15) is 19.0 Å². The number of hydrogen-bond acceptors (Lipinski definition) is 8. The van der Waals surface area contributed by atoms with Crippen LogP contribution < -0.4 is 5.73 Å². The molecule has 0 fully saturated rings. The largest absolute Gasteiger partial charge is 0.472 e. The Morgan fingerprint density at radius 1 is 0.620 bits per heavy atom. The number of carbonyl (C=O) groups excluding carboxylic acids is 2. The predicted octanol–water partition coefficient (Wildman–Crippen LogP) is 10.8. The van der Waals surface area contributed by atoms with Crippen molar-refractivity contribution in [3.63, 3.8) is 0 Å². The minimum absolute atomic E-state index is 0.0470. The van der Waals surface area contributed by atoms with Gasteiger partial charge in [-0.3, -0.25) is 18.6 Å². The van der Waals surface area contributed by atoms with E-state index in [1.807, 2.05) is 0 Å². The maximum Gasteiger partial charge on any atom is 0.472 e. The molecule has 290 valence electrons. The molecule has 2 atom stereocenters. The smallest absolute Gasteiger partial charge is 0.462 e. The van der Waals surface area contributed by atoms with Crippen LogP contribution >= 0.6 is 7.82 Å². The molecule has 0 saturated heterocycles. The summed E-state index contributed by atoms with van der Waals surface area (Å²) in [4.78, 5) is 34.7. The lowest BCUT2D eigenvalue weighted by molar-refractivity contribution is -0.161. The first kappa shape index (κ1) is 48.0. The van der Waals surface area contributed by atoms with Crippen LogP contribution in [-0.2, 0) is 32.7 Å². The quantitative estimate of drug-likeness (QED) is 0.0213. The summed E-state index contributed by atoms with van der Waals surface area (Å²) in [6.45, 7) is 3.62. The summed E-state index contributed by atoms with van der Waals surface area (Å²) in [5.41, 5.74) is 5.33. The molecule has 1 unspecified atom stereocenters. The Balaban J connectivity index is 4.27. The molecule has 0 saturated carbocycles. The molecule has 0 aliphatic rings. The molecule has 0 aromatic heterocycles. The molecular formula is C40H72NO8P. The molecule has 50 heavy (non-hydrogen) atoms. The Bertz CT molecular complexity index is 965. The highest BCUT2D eigenvalue weighted by Gasteiger charge is 2.25. The molecule has 9 nitrogen and oxygen atoms in total. The Morgan fingerprint density at radius 3 is 1.70 bits per heavy atom. The van der Waals surface area contributed by atoms with Gasteiger partial charge in [0, 0.05) is 19.4 Å². The summed E-state index contributed by atoms with van der Waals surface area (Å²) >= 11 is 0. The summed E-state index contributed by atoms with van der Waals surface area (Å²) in [7, 11) is -4.38. The van der Waals surface area contributed by atoms with E-state index < -0.39 is 32.5 Å². The SMILES string of the molecule is CCCC/C=C/C/C=C/CCCCCCCC(=O)O[C@H](COC(=O)CCCCCCC/C=C/C=C/CCCCCC)COP(=O)(O)OCCN. The van der Waals surface area contributed by atoms with Crippen LogP contribution in [0.1, 0.15) is 162 Å². The summed E-state index contributed by atoms with van der Waals surface area (Å²) in [6, 6.07) is 0. The molecule has 0 aromatic carbocycles. The number of ether oxygens (including phenoxy) is 2. The first-order valence-electron chi connectivity index (χ1n) is 19.6. The van der Waals surface area contributed by atoms with Crippen molar-refractivity contribution >= 4 is 19.8 Å². The number of allylic oxidation sites excluding steroid dienone is 8. The molecule has 0 bridgehead atoms. The van der Waals surface area contributed by atoms with Gasteiger partial charge in [-0.15, -0.1) is 0 Å². The van der Waals surface area contributed by atoms with Gasteiger partial charge in [-0.1, -0.05) is 133 Å². The average Bonchev–Trinajstić information content (AvgIpc) is 3.10. The molecular weight excluding hydrogens is 653 g/mol. The Kier molecular flexibility index (Phi) is 35.3. The van der Waals surface area contributed by atoms with E-state index in [-0.39, 0.29) is 32.6 Å². The number of nitrogens with two attached hydrogens (primary N) is 1. The standard InChI is InChI=1S/C40H72NO8P/c1-3-5-7-9-11-13-15-17-19-21-22-24-26-28-30-32-39(42)46-36-38(37-48-50(44,45)47-35-34-41)49-40(43)33-31-29-27-25-23-20-18-16-14-12-10-8-6-4-2/h10,12-13,15-19,38H,3-9,11,14,20-37,41H2,1-2H3,(H,44,45)/b12-10+,15-13+,18-16+,19-17+/t38-/m1/s1. The third-order valence-electron chi connectivity index (χ3n) is 7.97. The Labute approximate surface area is 305 Å². The number of carbonyl (C=O) groups is 2. The number of phosphoric acid groups is 1. The Hall–Kier alpha value is -2.03. The van der Waals surface area contributed by atoms with Crippen LogP contribution in [0.5, 0.6) is 0 Å². The van der Waals surface area contributed by atoms with Gasteiger partial charge in [0.1, 0.15) is 6.61 Å². The second kappa shape index (κ2) is 36.8. The first-order chi connectivity index (χ1) is 24.3. The van der Waals surface area contributed by atoms with Crippen LogP contribution in [0, 0.1) is 0 Å². The van der Waals surface area contributed by atoms with Crippen LogP contribution in [0.2, 0.25) is 0 Å². The molecule has 0 aromatic rings. The maximum atomic E-state index is 12.5. The van der Waals surface area contributed by atoms with Gasteiger partial charge < -0.3 is 20.1 Å². The zero-order valence-electron chi connectivity index (χ0n) is 31.6.